The van der Waals surface area contributed by atoms with Crippen LogP contribution in [0.5, 0.6) is 5.75 Å². The van der Waals surface area contributed by atoms with E-state index in [1.54, 1.807) is 24.3 Å². The molecule has 0 saturated heterocycles. The Morgan fingerprint density at radius 3 is 2.26 bits per heavy atom. The van der Waals surface area contributed by atoms with E-state index in [2.05, 4.69) is 5.32 Å². The first kappa shape index (κ1) is 16.7. The number of rotatable bonds is 5. The first-order valence-corrected chi connectivity index (χ1v) is 7.49. The van der Waals surface area contributed by atoms with Crippen molar-refractivity contribution in [3.63, 3.8) is 0 Å². The van der Waals surface area contributed by atoms with Gasteiger partial charge in [0.15, 0.2) is 12.4 Å². The lowest BCUT2D eigenvalue weighted by Gasteiger charge is -2.14. The van der Waals surface area contributed by atoms with Crippen molar-refractivity contribution < 1.29 is 14.3 Å². The van der Waals surface area contributed by atoms with Gasteiger partial charge in [-0.2, -0.15) is 0 Å². The minimum absolute atomic E-state index is 0.0907. The number of amides is 1. The number of nitrogens with one attached hydrogen (secondary N) is 1. The molecule has 4 nitrogen and oxygen atoms in total. The van der Waals surface area contributed by atoms with Crippen molar-refractivity contribution in [2.75, 3.05) is 11.9 Å². The Balaban J connectivity index is 2.06. The van der Waals surface area contributed by atoms with Gasteiger partial charge in [0.2, 0.25) is 0 Å². The molecule has 1 N–H and O–H groups in total. The summed E-state index contributed by atoms with van der Waals surface area (Å²) in [5.41, 5.74) is 4.15. The van der Waals surface area contributed by atoms with E-state index >= 15 is 0 Å². The summed E-state index contributed by atoms with van der Waals surface area (Å²) in [5, 5.41) is 2.73. The number of carbonyl (C=O) groups excluding carboxylic acids is 2. The normalized spacial score (nSPS) is 10.3. The predicted molar refractivity (Wildman–Crippen MR) is 91.2 cm³/mol. The van der Waals surface area contributed by atoms with Gasteiger partial charge in [-0.05, 0) is 51.0 Å². The summed E-state index contributed by atoms with van der Waals surface area (Å²) >= 11 is 0. The van der Waals surface area contributed by atoms with Gasteiger partial charge in [0.05, 0.1) is 5.69 Å². The Hall–Kier alpha value is -2.62. The highest BCUT2D eigenvalue weighted by atomic mass is 16.5. The third kappa shape index (κ3) is 4.19. The van der Waals surface area contributed by atoms with Crippen LogP contribution >= 0.6 is 0 Å². The van der Waals surface area contributed by atoms with Crippen LogP contribution in [0, 0.1) is 20.8 Å². The zero-order valence-corrected chi connectivity index (χ0v) is 13.9. The highest BCUT2D eigenvalue weighted by Crippen LogP contribution is 2.24. The van der Waals surface area contributed by atoms with Gasteiger partial charge in [0, 0.05) is 5.56 Å². The molecule has 0 bridgehead atoms. The maximum Gasteiger partial charge on any atom is 0.262 e. The number of aryl methyl sites for hydroxylation is 3. The van der Waals surface area contributed by atoms with Crippen LogP contribution in [0.2, 0.25) is 0 Å². The van der Waals surface area contributed by atoms with E-state index in [-0.39, 0.29) is 18.3 Å². The summed E-state index contributed by atoms with van der Waals surface area (Å²) in [6.45, 7) is 7.31. The van der Waals surface area contributed by atoms with Crippen molar-refractivity contribution >= 4 is 17.4 Å². The molecule has 0 spiro atoms. The molecule has 0 atom stereocenters. The summed E-state index contributed by atoms with van der Waals surface area (Å²) < 4.78 is 5.66. The monoisotopic (exact) mass is 311 g/mol. The molecule has 0 aliphatic rings. The number of para-hydroxylation sites is 1. The maximum atomic E-state index is 12.1. The zero-order chi connectivity index (χ0) is 17.0. The Morgan fingerprint density at radius 1 is 1.04 bits per heavy atom. The van der Waals surface area contributed by atoms with E-state index in [0.717, 1.165) is 22.4 Å². The molecular formula is C19H21NO3. The second kappa shape index (κ2) is 7.09. The van der Waals surface area contributed by atoms with Crippen LogP contribution in [0.1, 0.15) is 34.0 Å². The SMILES string of the molecule is CC(=O)c1ccccc1NC(=O)COc1c(C)cc(C)cc1C. The van der Waals surface area contributed by atoms with Crippen LogP contribution in [0.3, 0.4) is 0 Å². The largest absolute Gasteiger partial charge is 0.483 e. The molecule has 2 aromatic carbocycles. The van der Waals surface area contributed by atoms with Crippen molar-refractivity contribution in [1.29, 1.82) is 0 Å². The van der Waals surface area contributed by atoms with Crippen molar-refractivity contribution in [3.05, 3.63) is 58.7 Å². The lowest BCUT2D eigenvalue weighted by Crippen LogP contribution is -2.21. The second-order valence-electron chi connectivity index (χ2n) is 5.67. The molecule has 0 fully saturated rings. The van der Waals surface area contributed by atoms with E-state index in [1.165, 1.54) is 6.92 Å². The quantitative estimate of drug-likeness (QED) is 0.854. The van der Waals surface area contributed by atoms with E-state index in [1.807, 2.05) is 32.9 Å². The lowest BCUT2D eigenvalue weighted by molar-refractivity contribution is -0.118. The molecule has 0 heterocycles. The van der Waals surface area contributed by atoms with Gasteiger partial charge < -0.3 is 10.1 Å². The third-order valence-corrected chi connectivity index (χ3v) is 3.53. The van der Waals surface area contributed by atoms with Crippen LogP contribution in [0.25, 0.3) is 0 Å². The molecule has 4 heteroatoms. The molecule has 2 aromatic rings. The zero-order valence-electron chi connectivity index (χ0n) is 13.9. The van der Waals surface area contributed by atoms with Crippen LogP contribution in [-0.2, 0) is 4.79 Å². The van der Waals surface area contributed by atoms with Crippen molar-refractivity contribution in [1.82, 2.24) is 0 Å². The maximum absolute atomic E-state index is 12.1. The lowest BCUT2D eigenvalue weighted by atomic mass is 10.1. The summed E-state index contributed by atoms with van der Waals surface area (Å²) in [6, 6.07) is 11.0. The molecule has 1 amide bonds. The van der Waals surface area contributed by atoms with Gasteiger partial charge in [-0.1, -0.05) is 29.8 Å². The summed E-state index contributed by atoms with van der Waals surface area (Å²) in [5.74, 6) is 0.343. The van der Waals surface area contributed by atoms with Gasteiger partial charge in [-0.25, -0.2) is 0 Å². The van der Waals surface area contributed by atoms with Crippen molar-refractivity contribution in [2.45, 2.75) is 27.7 Å². The molecule has 0 radical (unpaired) electrons. The van der Waals surface area contributed by atoms with Crippen LogP contribution in [-0.4, -0.2) is 18.3 Å². The van der Waals surface area contributed by atoms with Crippen molar-refractivity contribution in [2.24, 2.45) is 0 Å². The van der Waals surface area contributed by atoms with E-state index in [9.17, 15) is 9.59 Å². The predicted octanol–water partition coefficient (Wildman–Crippen LogP) is 3.83. The number of anilines is 1. The summed E-state index contributed by atoms with van der Waals surface area (Å²) in [4.78, 5) is 23.7. The highest BCUT2D eigenvalue weighted by molar-refractivity contribution is 6.03. The van der Waals surface area contributed by atoms with Crippen LogP contribution < -0.4 is 10.1 Å². The highest BCUT2D eigenvalue weighted by Gasteiger charge is 2.11. The van der Waals surface area contributed by atoms with E-state index < -0.39 is 0 Å². The fourth-order valence-electron chi connectivity index (χ4n) is 2.62. The van der Waals surface area contributed by atoms with Gasteiger partial charge in [-0.3, -0.25) is 9.59 Å². The Kier molecular flexibility index (Phi) is 5.16. The molecule has 0 aliphatic heterocycles. The second-order valence-corrected chi connectivity index (χ2v) is 5.67. The van der Waals surface area contributed by atoms with Crippen LogP contribution in [0.15, 0.2) is 36.4 Å². The summed E-state index contributed by atoms with van der Waals surface area (Å²) in [6.07, 6.45) is 0. The minimum atomic E-state index is -0.293. The molecule has 0 aromatic heterocycles. The molecule has 0 saturated carbocycles. The molecule has 120 valence electrons. The van der Waals surface area contributed by atoms with E-state index in [4.69, 9.17) is 4.74 Å². The Labute approximate surface area is 136 Å². The van der Waals surface area contributed by atoms with Crippen LogP contribution in [0.4, 0.5) is 5.69 Å². The molecule has 0 aliphatic carbocycles. The number of ketones is 1. The first-order chi connectivity index (χ1) is 10.9. The molecule has 23 heavy (non-hydrogen) atoms. The minimum Gasteiger partial charge on any atom is -0.483 e. The number of ether oxygens (including phenoxy) is 1. The van der Waals surface area contributed by atoms with Gasteiger partial charge in [0.25, 0.3) is 5.91 Å². The smallest absolute Gasteiger partial charge is 0.262 e. The number of hydrogen-bond acceptors (Lipinski definition) is 3. The average Bonchev–Trinajstić information content (AvgIpc) is 2.46. The first-order valence-electron chi connectivity index (χ1n) is 7.49. The van der Waals surface area contributed by atoms with Gasteiger partial charge >= 0.3 is 0 Å². The molecule has 2 rings (SSSR count). The number of Topliss-reactive ketones (excluding diaryl/α,β-unsaturated/α-hetero) is 1. The summed E-state index contributed by atoms with van der Waals surface area (Å²) in [7, 11) is 0. The van der Waals surface area contributed by atoms with Gasteiger partial charge in [-0.15, -0.1) is 0 Å². The van der Waals surface area contributed by atoms with Gasteiger partial charge in [0.1, 0.15) is 5.75 Å². The fraction of sp³-hybridized carbons (Fsp3) is 0.263. The molecular weight excluding hydrogens is 290 g/mol. The topological polar surface area (TPSA) is 55.4 Å². The Bertz CT molecular complexity index is 727. The fourth-order valence-corrected chi connectivity index (χ4v) is 2.62. The number of carbonyl (C=O) groups is 2. The van der Waals surface area contributed by atoms with Crippen molar-refractivity contribution in [3.8, 4) is 5.75 Å². The van der Waals surface area contributed by atoms with E-state index in [0.29, 0.717) is 11.3 Å². The Morgan fingerprint density at radius 2 is 1.65 bits per heavy atom. The number of hydrogen-bond donors (Lipinski definition) is 1. The number of benzene rings is 2. The molecule has 0 unspecified atom stereocenters. The average molecular weight is 311 g/mol. The third-order valence-electron chi connectivity index (χ3n) is 3.53. The standard InChI is InChI=1S/C19H21NO3/c1-12-9-13(2)19(14(3)10-12)23-11-18(22)20-17-8-6-5-7-16(17)15(4)21/h5-10H,11H2,1-4H3,(H,20,22).